The highest BCUT2D eigenvalue weighted by atomic mass is 16.5. The lowest BCUT2D eigenvalue weighted by Crippen LogP contribution is -2.37. The van der Waals surface area contributed by atoms with Crippen molar-refractivity contribution >= 4 is 0 Å². The van der Waals surface area contributed by atoms with E-state index in [1.807, 2.05) is 20.8 Å². The highest BCUT2D eigenvalue weighted by Crippen LogP contribution is 2.20. The van der Waals surface area contributed by atoms with Gasteiger partial charge in [0, 0.05) is 13.1 Å². The van der Waals surface area contributed by atoms with Crippen molar-refractivity contribution in [3.8, 4) is 0 Å². The zero-order valence-electron chi connectivity index (χ0n) is 12.8. The quantitative estimate of drug-likeness (QED) is 0.651. The Kier molecular flexibility index (Phi) is 7.37. The Morgan fingerprint density at radius 2 is 1.44 bits per heavy atom. The first-order chi connectivity index (χ1) is 7.99. The lowest BCUT2D eigenvalue weighted by atomic mass is 9.89. The van der Waals surface area contributed by atoms with E-state index >= 15 is 0 Å². The van der Waals surface area contributed by atoms with E-state index in [0.29, 0.717) is 19.7 Å². The molecule has 4 nitrogen and oxygen atoms in total. The zero-order valence-corrected chi connectivity index (χ0v) is 12.8. The Bertz CT molecular complexity index is 218. The molecule has 0 heterocycles. The van der Waals surface area contributed by atoms with Crippen LogP contribution in [0.25, 0.3) is 0 Å². The molecule has 3 N–H and O–H groups in total. The van der Waals surface area contributed by atoms with Crippen LogP contribution in [0.15, 0.2) is 0 Å². The van der Waals surface area contributed by atoms with Gasteiger partial charge >= 0.3 is 0 Å². The molecule has 110 valence electrons. The first-order valence-corrected chi connectivity index (χ1v) is 6.70. The molecule has 0 saturated carbocycles. The summed E-state index contributed by atoms with van der Waals surface area (Å²) in [5, 5.41) is 22.5. The molecule has 0 aromatic heterocycles. The molecule has 0 aliphatic carbocycles. The van der Waals surface area contributed by atoms with Crippen LogP contribution in [0.2, 0.25) is 0 Å². The number of aliphatic hydroxyl groups is 2. The Hall–Kier alpha value is -0.160. The molecule has 0 radical (unpaired) electrons. The molecule has 0 rings (SSSR count). The van der Waals surface area contributed by atoms with Crippen molar-refractivity contribution in [3.63, 3.8) is 0 Å². The number of hydrogen-bond donors (Lipinski definition) is 3. The lowest BCUT2D eigenvalue weighted by molar-refractivity contribution is -0.0483. The molecule has 0 aliphatic rings. The van der Waals surface area contributed by atoms with Crippen molar-refractivity contribution in [3.05, 3.63) is 0 Å². The summed E-state index contributed by atoms with van der Waals surface area (Å²) < 4.78 is 5.48. The summed E-state index contributed by atoms with van der Waals surface area (Å²) in [5.74, 6) is 0. The predicted molar refractivity (Wildman–Crippen MR) is 74.7 cm³/mol. The fourth-order valence-electron chi connectivity index (χ4n) is 1.60. The van der Waals surface area contributed by atoms with Gasteiger partial charge in [-0.3, -0.25) is 0 Å². The highest BCUT2D eigenvalue weighted by molar-refractivity contribution is 4.71. The third kappa shape index (κ3) is 12.3. The maximum absolute atomic E-state index is 9.78. The first kappa shape index (κ1) is 17.8. The maximum Gasteiger partial charge on any atom is 0.0897 e. The molecule has 0 aromatic rings. The van der Waals surface area contributed by atoms with E-state index < -0.39 is 6.10 Å². The third-order valence-electron chi connectivity index (χ3n) is 2.32. The Labute approximate surface area is 112 Å². The van der Waals surface area contributed by atoms with Crippen LogP contribution in [-0.2, 0) is 4.74 Å². The molecule has 0 saturated heterocycles. The molecule has 2 atom stereocenters. The van der Waals surface area contributed by atoms with Crippen LogP contribution in [-0.4, -0.2) is 47.7 Å². The molecular formula is C14H31NO3. The second kappa shape index (κ2) is 7.43. The van der Waals surface area contributed by atoms with Gasteiger partial charge in [-0.2, -0.15) is 0 Å². The molecule has 0 fully saturated rings. The van der Waals surface area contributed by atoms with Crippen molar-refractivity contribution in [1.29, 1.82) is 0 Å². The topological polar surface area (TPSA) is 61.7 Å². The molecule has 0 aliphatic heterocycles. The van der Waals surface area contributed by atoms with Crippen LogP contribution < -0.4 is 5.32 Å². The van der Waals surface area contributed by atoms with E-state index in [9.17, 15) is 10.2 Å². The van der Waals surface area contributed by atoms with E-state index in [-0.39, 0.29) is 17.1 Å². The van der Waals surface area contributed by atoms with Crippen LogP contribution in [0.3, 0.4) is 0 Å². The predicted octanol–water partition coefficient (Wildman–Crippen LogP) is 1.55. The summed E-state index contributed by atoms with van der Waals surface area (Å²) >= 11 is 0. The average Bonchev–Trinajstić information content (AvgIpc) is 2.10. The summed E-state index contributed by atoms with van der Waals surface area (Å²) in [6, 6.07) is 0. The van der Waals surface area contributed by atoms with Gasteiger partial charge in [0.05, 0.1) is 24.4 Å². The number of ether oxygens (including phenoxy) is 1. The van der Waals surface area contributed by atoms with Crippen molar-refractivity contribution in [1.82, 2.24) is 5.32 Å². The first-order valence-electron chi connectivity index (χ1n) is 6.70. The second-order valence-corrected chi connectivity index (χ2v) is 7.15. The van der Waals surface area contributed by atoms with Crippen LogP contribution in [0.4, 0.5) is 0 Å². The Balaban J connectivity index is 3.65. The Morgan fingerprint density at radius 1 is 0.944 bits per heavy atom. The zero-order chi connectivity index (χ0) is 14.4. The number of rotatable bonds is 7. The largest absolute Gasteiger partial charge is 0.392 e. The summed E-state index contributed by atoms with van der Waals surface area (Å²) in [6.45, 7) is 13.4. The number of aliphatic hydroxyl groups excluding tert-OH is 2. The molecule has 2 unspecified atom stereocenters. The van der Waals surface area contributed by atoms with Crippen LogP contribution in [0.1, 0.15) is 48.0 Å². The molecule has 0 spiro atoms. The molecule has 18 heavy (non-hydrogen) atoms. The van der Waals surface area contributed by atoms with Crippen molar-refractivity contribution < 1.29 is 14.9 Å². The van der Waals surface area contributed by atoms with E-state index in [1.165, 1.54) is 0 Å². The molecule has 4 heteroatoms. The van der Waals surface area contributed by atoms with Crippen molar-refractivity contribution in [2.75, 3.05) is 19.7 Å². The maximum atomic E-state index is 9.78. The Morgan fingerprint density at radius 3 is 1.89 bits per heavy atom. The summed E-state index contributed by atoms with van der Waals surface area (Å²) in [6.07, 6.45) is -0.166. The van der Waals surface area contributed by atoms with E-state index in [2.05, 4.69) is 26.1 Å². The fourth-order valence-corrected chi connectivity index (χ4v) is 1.60. The number of hydrogen-bond acceptors (Lipinski definition) is 4. The monoisotopic (exact) mass is 261 g/mol. The van der Waals surface area contributed by atoms with Crippen molar-refractivity contribution in [2.45, 2.75) is 65.8 Å². The van der Waals surface area contributed by atoms with Gasteiger partial charge in [0.2, 0.25) is 0 Å². The lowest BCUT2D eigenvalue weighted by Gasteiger charge is -2.24. The second-order valence-electron chi connectivity index (χ2n) is 7.15. The smallest absolute Gasteiger partial charge is 0.0897 e. The van der Waals surface area contributed by atoms with Gasteiger partial charge in [-0.05, 0) is 32.6 Å². The molecule has 0 amide bonds. The van der Waals surface area contributed by atoms with E-state index in [4.69, 9.17) is 4.74 Å². The van der Waals surface area contributed by atoms with Gasteiger partial charge in [-0.25, -0.2) is 0 Å². The van der Waals surface area contributed by atoms with Gasteiger partial charge < -0.3 is 20.3 Å². The molecule has 0 aromatic carbocycles. The minimum Gasteiger partial charge on any atom is -0.392 e. The minimum atomic E-state index is -0.536. The van der Waals surface area contributed by atoms with Crippen LogP contribution >= 0.6 is 0 Å². The van der Waals surface area contributed by atoms with E-state index in [0.717, 1.165) is 6.42 Å². The molecular weight excluding hydrogens is 230 g/mol. The van der Waals surface area contributed by atoms with E-state index in [1.54, 1.807) is 0 Å². The fraction of sp³-hybridized carbons (Fsp3) is 1.00. The highest BCUT2D eigenvalue weighted by Gasteiger charge is 2.17. The summed E-state index contributed by atoms with van der Waals surface area (Å²) in [4.78, 5) is 0. The standard InChI is InChI=1S/C14H31NO3/c1-13(2,3)7-11(16)8-15-9-12(17)10-18-14(4,5)6/h11-12,15-17H,7-10H2,1-6H3. The normalized spacial score (nSPS) is 16.7. The molecule has 0 bridgehead atoms. The van der Waals surface area contributed by atoms with Crippen LogP contribution in [0, 0.1) is 5.41 Å². The van der Waals surface area contributed by atoms with Gasteiger partial charge in [0.15, 0.2) is 0 Å². The SMILES string of the molecule is CC(C)(C)CC(O)CNCC(O)COC(C)(C)C. The minimum absolute atomic E-state index is 0.120. The van der Waals surface area contributed by atoms with Crippen LogP contribution in [0.5, 0.6) is 0 Å². The van der Waals surface area contributed by atoms with Gasteiger partial charge in [-0.15, -0.1) is 0 Å². The summed E-state index contributed by atoms with van der Waals surface area (Å²) in [7, 11) is 0. The summed E-state index contributed by atoms with van der Waals surface area (Å²) in [5.41, 5.74) is -0.109. The van der Waals surface area contributed by atoms with Gasteiger partial charge in [0.1, 0.15) is 0 Å². The van der Waals surface area contributed by atoms with Gasteiger partial charge in [-0.1, -0.05) is 20.8 Å². The number of nitrogens with one attached hydrogen (secondary N) is 1. The van der Waals surface area contributed by atoms with Gasteiger partial charge in [0.25, 0.3) is 0 Å². The van der Waals surface area contributed by atoms with Crippen molar-refractivity contribution in [2.24, 2.45) is 5.41 Å². The third-order valence-corrected chi connectivity index (χ3v) is 2.32. The average molecular weight is 261 g/mol.